The molecule has 0 atom stereocenters. The maximum atomic E-state index is 12.8. The van der Waals surface area contributed by atoms with Gasteiger partial charge in [0.25, 0.3) is 5.91 Å². The van der Waals surface area contributed by atoms with Crippen LogP contribution in [0.1, 0.15) is 56.0 Å². The van der Waals surface area contributed by atoms with Gasteiger partial charge in [0.05, 0.1) is 7.11 Å². The van der Waals surface area contributed by atoms with Crippen molar-refractivity contribution < 1.29 is 9.53 Å². The number of hydrogen-bond donors (Lipinski definition) is 0. The number of piperazine rings is 1. The van der Waals surface area contributed by atoms with E-state index in [-0.39, 0.29) is 5.91 Å². The summed E-state index contributed by atoms with van der Waals surface area (Å²) in [5.41, 5.74) is 1.79. The molecule has 0 aliphatic carbocycles. The molecule has 0 spiro atoms. The minimum atomic E-state index is 0.130. The first kappa shape index (κ1) is 28.4. The molecular formula is C26H48N4O2. The maximum Gasteiger partial charge on any atom is 0.253 e. The standard InChI is InChI=1S/C19H29N3O2.C5H13N.C2H6/c1-15-4-5-16(14-18(15)24-3)19(23)22-8-6-17(7-9-22)21-12-10-20(2)11-13-21;1-4-5-6(2)3;1-2/h4-5,14,17H,6-13H2,1-3H3;4-5H2,1-3H3;1-2H3. The van der Waals surface area contributed by atoms with Crippen molar-refractivity contribution in [1.29, 1.82) is 0 Å². The zero-order valence-electron chi connectivity index (χ0n) is 22.0. The Labute approximate surface area is 197 Å². The van der Waals surface area contributed by atoms with Gasteiger partial charge in [-0.2, -0.15) is 0 Å². The summed E-state index contributed by atoms with van der Waals surface area (Å²) in [6.45, 7) is 15.7. The van der Waals surface area contributed by atoms with E-state index in [1.165, 1.54) is 13.0 Å². The number of piperidine rings is 1. The molecule has 32 heavy (non-hydrogen) atoms. The second kappa shape index (κ2) is 15.3. The quantitative estimate of drug-likeness (QED) is 0.684. The number of nitrogens with zero attached hydrogens (tertiary/aromatic N) is 4. The summed E-state index contributed by atoms with van der Waals surface area (Å²) < 4.78 is 5.35. The molecule has 6 heteroatoms. The van der Waals surface area contributed by atoms with Crippen molar-refractivity contribution in [2.75, 3.05) is 74.1 Å². The Morgan fingerprint density at radius 2 is 1.66 bits per heavy atom. The maximum absolute atomic E-state index is 12.8. The average molecular weight is 449 g/mol. The third kappa shape index (κ3) is 9.08. The number of hydrogen-bond acceptors (Lipinski definition) is 5. The Balaban J connectivity index is 0.000000556. The third-order valence-corrected chi connectivity index (χ3v) is 6.13. The Hall–Kier alpha value is -1.63. The molecule has 1 amide bonds. The fourth-order valence-electron chi connectivity index (χ4n) is 4.20. The van der Waals surface area contributed by atoms with Gasteiger partial charge in [-0.3, -0.25) is 9.69 Å². The van der Waals surface area contributed by atoms with Crippen LogP contribution in [0.4, 0.5) is 0 Å². The van der Waals surface area contributed by atoms with Crippen LogP contribution in [0.2, 0.25) is 0 Å². The van der Waals surface area contributed by atoms with Gasteiger partial charge >= 0.3 is 0 Å². The van der Waals surface area contributed by atoms with Crippen molar-refractivity contribution in [3.63, 3.8) is 0 Å². The van der Waals surface area contributed by atoms with Gasteiger partial charge in [0.15, 0.2) is 0 Å². The van der Waals surface area contributed by atoms with E-state index in [9.17, 15) is 4.79 Å². The monoisotopic (exact) mass is 448 g/mol. The molecule has 0 radical (unpaired) electrons. The van der Waals surface area contributed by atoms with E-state index in [0.29, 0.717) is 6.04 Å². The Morgan fingerprint density at radius 3 is 2.12 bits per heavy atom. The minimum Gasteiger partial charge on any atom is -0.496 e. The van der Waals surface area contributed by atoms with Crippen molar-refractivity contribution in [2.45, 2.75) is 53.0 Å². The van der Waals surface area contributed by atoms with Gasteiger partial charge in [-0.15, -0.1) is 0 Å². The predicted molar refractivity (Wildman–Crippen MR) is 136 cm³/mol. The number of benzene rings is 1. The lowest BCUT2D eigenvalue weighted by Gasteiger charge is -2.42. The first-order valence-electron chi connectivity index (χ1n) is 12.4. The number of aryl methyl sites for hydroxylation is 1. The summed E-state index contributed by atoms with van der Waals surface area (Å²) in [6, 6.07) is 6.37. The topological polar surface area (TPSA) is 39.3 Å². The molecule has 3 rings (SSSR count). The van der Waals surface area contributed by atoms with Crippen LogP contribution in [0, 0.1) is 6.92 Å². The highest BCUT2D eigenvalue weighted by Gasteiger charge is 2.28. The molecule has 2 fully saturated rings. The summed E-state index contributed by atoms with van der Waals surface area (Å²) in [5, 5.41) is 0. The Morgan fingerprint density at radius 1 is 1.06 bits per heavy atom. The van der Waals surface area contributed by atoms with Crippen LogP contribution < -0.4 is 4.74 Å². The highest BCUT2D eigenvalue weighted by atomic mass is 16.5. The Kier molecular flexibility index (Phi) is 13.5. The number of likely N-dealkylation sites (tertiary alicyclic amines) is 1. The minimum absolute atomic E-state index is 0.130. The van der Waals surface area contributed by atoms with E-state index in [1.54, 1.807) is 7.11 Å². The molecule has 0 aromatic heterocycles. The van der Waals surface area contributed by atoms with E-state index in [1.807, 2.05) is 43.9 Å². The molecule has 2 aliphatic heterocycles. The number of rotatable bonds is 5. The number of methoxy groups -OCH3 is 1. The molecule has 2 saturated heterocycles. The van der Waals surface area contributed by atoms with E-state index >= 15 is 0 Å². The van der Waals surface area contributed by atoms with Gasteiger partial charge in [0.2, 0.25) is 0 Å². The normalized spacial score (nSPS) is 17.8. The molecule has 184 valence electrons. The second-order valence-electron chi connectivity index (χ2n) is 8.85. The smallest absolute Gasteiger partial charge is 0.253 e. The SMILES string of the molecule is CC.CCCN(C)C.COc1cc(C(=O)N2CCC(N3CCN(C)CC3)CC2)ccc1C. The van der Waals surface area contributed by atoms with Crippen molar-refractivity contribution in [2.24, 2.45) is 0 Å². The number of carbonyl (C=O) groups is 1. The summed E-state index contributed by atoms with van der Waals surface area (Å²) in [4.78, 5) is 21.9. The van der Waals surface area contributed by atoms with Gasteiger partial charge in [0, 0.05) is 50.9 Å². The third-order valence-electron chi connectivity index (χ3n) is 6.13. The molecule has 1 aromatic carbocycles. The van der Waals surface area contributed by atoms with Crippen molar-refractivity contribution in [1.82, 2.24) is 19.6 Å². The highest BCUT2D eigenvalue weighted by Crippen LogP contribution is 2.23. The largest absolute Gasteiger partial charge is 0.496 e. The predicted octanol–water partition coefficient (Wildman–Crippen LogP) is 3.84. The zero-order valence-corrected chi connectivity index (χ0v) is 22.0. The van der Waals surface area contributed by atoms with Crippen LogP contribution in [-0.2, 0) is 0 Å². The molecule has 0 saturated carbocycles. The summed E-state index contributed by atoms with van der Waals surface area (Å²) in [7, 11) is 8.01. The molecule has 0 unspecified atom stereocenters. The number of amides is 1. The van der Waals surface area contributed by atoms with E-state index in [2.05, 4.69) is 42.8 Å². The molecule has 2 heterocycles. The van der Waals surface area contributed by atoms with E-state index < -0.39 is 0 Å². The van der Waals surface area contributed by atoms with Crippen LogP contribution in [0.5, 0.6) is 5.75 Å². The van der Waals surface area contributed by atoms with Crippen molar-refractivity contribution >= 4 is 5.91 Å². The lowest BCUT2D eigenvalue weighted by Crippen LogP contribution is -2.52. The van der Waals surface area contributed by atoms with Crippen LogP contribution in [0.25, 0.3) is 0 Å². The molecule has 0 N–H and O–H groups in total. The van der Waals surface area contributed by atoms with Crippen molar-refractivity contribution in [3.8, 4) is 5.75 Å². The van der Waals surface area contributed by atoms with Crippen LogP contribution in [0.3, 0.4) is 0 Å². The highest BCUT2D eigenvalue weighted by molar-refractivity contribution is 5.94. The van der Waals surface area contributed by atoms with Gasteiger partial charge in [0.1, 0.15) is 5.75 Å². The first-order chi connectivity index (χ1) is 15.3. The lowest BCUT2D eigenvalue weighted by atomic mass is 10.0. The molecule has 2 aliphatic rings. The van der Waals surface area contributed by atoms with Gasteiger partial charge in [-0.1, -0.05) is 26.8 Å². The number of likely N-dealkylation sites (N-methyl/N-ethyl adjacent to an activating group) is 1. The van der Waals surface area contributed by atoms with Crippen LogP contribution in [0.15, 0.2) is 18.2 Å². The van der Waals surface area contributed by atoms with Gasteiger partial charge in [-0.05, 0) is 71.6 Å². The van der Waals surface area contributed by atoms with E-state index in [0.717, 1.165) is 69.0 Å². The first-order valence-corrected chi connectivity index (χ1v) is 12.4. The van der Waals surface area contributed by atoms with Crippen LogP contribution in [-0.4, -0.2) is 106 Å². The molecule has 6 nitrogen and oxygen atoms in total. The number of ether oxygens (including phenoxy) is 1. The number of carbonyl (C=O) groups excluding carboxylic acids is 1. The fourth-order valence-corrected chi connectivity index (χ4v) is 4.20. The molecular weight excluding hydrogens is 400 g/mol. The molecule has 1 aromatic rings. The summed E-state index contributed by atoms with van der Waals surface area (Å²) in [6.07, 6.45) is 3.42. The second-order valence-corrected chi connectivity index (χ2v) is 8.85. The van der Waals surface area contributed by atoms with Crippen molar-refractivity contribution in [3.05, 3.63) is 29.3 Å². The average Bonchev–Trinajstić information content (AvgIpc) is 2.81. The molecule has 0 bridgehead atoms. The summed E-state index contributed by atoms with van der Waals surface area (Å²) >= 11 is 0. The van der Waals surface area contributed by atoms with E-state index in [4.69, 9.17) is 4.74 Å². The summed E-state index contributed by atoms with van der Waals surface area (Å²) in [5.74, 6) is 0.915. The lowest BCUT2D eigenvalue weighted by molar-refractivity contribution is 0.0518. The zero-order chi connectivity index (χ0) is 24.1. The Bertz CT molecular complexity index is 649. The fraction of sp³-hybridized carbons (Fsp3) is 0.731. The van der Waals surface area contributed by atoms with Crippen LogP contribution >= 0.6 is 0 Å². The van der Waals surface area contributed by atoms with Gasteiger partial charge in [-0.25, -0.2) is 0 Å². The van der Waals surface area contributed by atoms with Gasteiger partial charge < -0.3 is 19.4 Å².